The summed E-state index contributed by atoms with van der Waals surface area (Å²) >= 11 is 0. The number of anilines is 1. The van der Waals surface area contributed by atoms with Gasteiger partial charge >= 0.3 is 0 Å². The van der Waals surface area contributed by atoms with Crippen molar-refractivity contribution in [2.75, 3.05) is 5.73 Å². The highest BCUT2D eigenvalue weighted by molar-refractivity contribution is 6.03. The molecule has 1 aromatic carbocycles. The fourth-order valence-electron chi connectivity index (χ4n) is 2.36. The first-order chi connectivity index (χ1) is 12.5. The highest BCUT2D eigenvalue weighted by Gasteiger charge is 2.30. The highest BCUT2D eigenvalue weighted by Crippen LogP contribution is 2.24. The molecule has 0 spiro atoms. The predicted octanol–water partition coefficient (Wildman–Crippen LogP) is 1.15. The molecule has 1 aliphatic carbocycles. The number of nitrogen functional groups attached to an aromatic ring is 1. The number of hydrogen-bond donors (Lipinski definition) is 1. The van der Waals surface area contributed by atoms with Crippen molar-refractivity contribution in [3.8, 4) is 0 Å². The highest BCUT2D eigenvalue weighted by atomic mass is 16.2. The normalized spacial score (nSPS) is 26.9. The van der Waals surface area contributed by atoms with E-state index in [4.69, 9.17) is 14.0 Å². The van der Waals surface area contributed by atoms with Gasteiger partial charge in [-0.2, -0.15) is 0 Å². The Bertz CT molecular complexity index is 1070. The van der Waals surface area contributed by atoms with Gasteiger partial charge in [0, 0.05) is 14.8 Å². The molecule has 0 bridgehead atoms. The lowest BCUT2D eigenvalue weighted by molar-refractivity contribution is -0.132. The predicted molar refractivity (Wildman–Crippen MR) is 78.1 cm³/mol. The summed E-state index contributed by atoms with van der Waals surface area (Å²) in [7, 11) is 0. The van der Waals surface area contributed by atoms with Gasteiger partial charge in [-0.1, -0.05) is 6.04 Å². The van der Waals surface area contributed by atoms with Crippen molar-refractivity contribution in [2.24, 2.45) is 0 Å². The zero-order chi connectivity index (χ0) is 20.3. The van der Waals surface area contributed by atoms with Crippen LogP contribution in [0.3, 0.4) is 0 Å². The summed E-state index contributed by atoms with van der Waals surface area (Å²) in [4.78, 5) is 41.0. The number of hydrogen-bond acceptors (Lipinski definition) is 5. The van der Waals surface area contributed by atoms with Crippen LogP contribution in [0.15, 0.2) is 22.9 Å². The molecular formula is C15H15N3O3. The van der Waals surface area contributed by atoms with E-state index in [1.54, 1.807) is 0 Å². The number of nitrogens with zero attached hydrogens (tertiary/aromatic N) is 2. The van der Waals surface area contributed by atoms with Crippen molar-refractivity contribution < 1.29 is 17.8 Å². The molecule has 1 heterocycles. The van der Waals surface area contributed by atoms with E-state index in [0.29, 0.717) is 4.57 Å². The Labute approximate surface area is 129 Å². The topological polar surface area (TPSA) is 95.0 Å². The number of ketones is 2. The van der Waals surface area contributed by atoms with E-state index in [1.165, 1.54) is 0 Å². The van der Waals surface area contributed by atoms with Crippen LogP contribution in [0.4, 0.5) is 5.69 Å². The fourth-order valence-corrected chi connectivity index (χ4v) is 2.36. The Morgan fingerprint density at radius 2 is 2.29 bits per heavy atom. The molecule has 0 amide bonds. The van der Waals surface area contributed by atoms with Crippen LogP contribution in [0.2, 0.25) is 0 Å². The molecule has 1 fully saturated rings. The van der Waals surface area contributed by atoms with Crippen LogP contribution >= 0.6 is 0 Å². The Hall–Kier alpha value is -2.50. The van der Waals surface area contributed by atoms with Gasteiger partial charge in [-0.15, -0.1) is 0 Å². The van der Waals surface area contributed by atoms with E-state index in [2.05, 4.69) is 4.98 Å². The molecule has 1 aliphatic rings. The van der Waals surface area contributed by atoms with E-state index in [-0.39, 0.29) is 24.1 Å². The molecule has 2 N–H and O–H groups in total. The summed E-state index contributed by atoms with van der Waals surface area (Å²) in [5.41, 5.74) is 3.93. The summed E-state index contributed by atoms with van der Waals surface area (Å²) < 4.78 is 47.9. The molecule has 1 aromatic heterocycles. The maximum absolute atomic E-state index is 13.1. The van der Waals surface area contributed by atoms with Gasteiger partial charge in [-0.05, 0) is 25.4 Å². The zero-order valence-electron chi connectivity index (χ0n) is 16.9. The standard InChI is InChI=1S/C15H15N3O3/c1-8-17-11-4-2-3-10(16)14(11)15(21)18(8)12-6-5-9(19)7-13(12)20/h2-4,12H,5-7,16H2,1H3/i1D2,2D,3D,4D,12D. The molecule has 21 heavy (non-hydrogen) atoms. The summed E-state index contributed by atoms with van der Waals surface area (Å²) in [5.74, 6) is -1.80. The van der Waals surface area contributed by atoms with Crippen LogP contribution in [-0.4, -0.2) is 21.1 Å². The molecular weight excluding hydrogens is 270 g/mol. The molecule has 0 saturated heterocycles. The van der Waals surface area contributed by atoms with Crippen molar-refractivity contribution in [2.45, 2.75) is 32.2 Å². The second kappa shape index (κ2) is 4.80. The number of carbonyl (C=O) groups excluding carboxylic acids is 2. The minimum atomic E-state index is -2.24. The molecule has 6 nitrogen and oxygen atoms in total. The molecule has 1 saturated carbocycles. The monoisotopic (exact) mass is 291 g/mol. The number of aryl methyl sites for hydroxylation is 1. The fraction of sp³-hybridized carbons (Fsp3) is 0.333. The maximum Gasteiger partial charge on any atom is 0.264 e. The van der Waals surface area contributed by atoms with Crippen molar-refractivity contribution in [1.82, 2.24) is 9.55 Å². The SMILES string of the molecule is [2H]c1c([2H])c(N)c2c(=O)n(C3([2H])CCC(=O)CC3=O)c(C([2H])[2H])nc2c1[2H]. The second-order valence-electron chi connectivity index (χ2n) is 4.71. The molecule has 3 rings (SSSR count). The average molecular weight is 291 g/mol. The van der Waals surface area contributed by atoms with Crippen molar-refractivity contribution in [1.29, 1.82) is 0 Å². The van der Waals surface area contributed by atoms with Crippen LogP contribution < -0.4 is 11.3 Å². The first-order valence-electron chi connectivity index (χ1n) is 9.38. The van der Waals surface area contributed by atoms with Gasteiger partial charge in [0.1, 0.15) is 11.6 Å². The molecule has 0 radical (unpaired) electrons. The lowest BCUT2D eigenvalue weighted by atomic mass is 9.92. The first kappa shape index (κ1) is 8.07. The zero-order valence-corrected chi connectivity index (χ0v) is 10.9. The van der Waals surface area contributed by atoms with Gasteiger partial charge < -0.3 is 5.73 Å². The smallest absolute Gasteiger partial charge is 0.264 e. The van der Waals surface area contributed by atoms with Crippen LogP contribution in [0.1, 0.15) is 39.3 Å². The maximum atomic E-state index is 13.1. The summed E-state index contributed by atoms with van der Waals surface area (Å²) in [6.45, 7) is -1.87. The Morgan fingerprint density at radius 1 is 1.48 bits per heavy atom. The van der Waals surface area contributed by atoms with Crippen LogP contribution in [-0.2, 0) is 9.59 Å². The van der Waals surface area contributed by atoms with E-state index < -0.39 is 65.7 Å². The third-order valence-electron chi connectivity index (χ3n) is 3.35. The number of fused-ring (bicyclic) bond motifs is 1. The summed E-state index contributed by atoms with van der Waals surface area (Å²) in [6.07, 6.45) is -1.01. The molecule has 108 valence electrons. The van der Waals surface area contributed by atoms with E-state index in [9.17, 15) is 14.4 Å². The van der Waals surface area contributed by atoms with Crippen LogP contribution in [0, 0.1) is 6.88 Å². The number of aromatic nitrogens is 2. The van der Waals surface area contributed by atoms with Crippen LogP contribution in [0.25, 0.3) is 10.9 Å². The quantitative estimate of drug-likeness (QED) is 0.628. The van der Waals surface area contributed by atoms with Gasteiger partial charge in [-0.25, -0.2) is 4.98 Å². The Kier molecular flexibility index (Phi) is 1.84. The summed E-state index contributed by atoms with van der Waals surface area (Å²) in [6, 6.07) is -3.94. The largest absolute Gasteiger partial charge is 0.398 e. The number of nitrogens with two attached hydrogens (primary N) is 1. The lowest BCUT2D eigenvalue weighted by Gasteiger charge is -2.24. The third kappa shape index (κ3) is 2.12. The van der Waals surface area contributed by atoms with E-state index >= 15 is 0 Å². The average Bonchev–Trinajstić information content (AvgIpc) is 2.60. The molecule has 1 unspecified atom stereocenters. The summed E-state index contributed by atoms with van der Waals surface area (Å²) in [5, 5.41) is -0.415. The number of Topliss-reactive ketones (excluding diaryl/α,β-unsaturated/α-hetero) is 2. The third-order valence-corrected chi connectivity index (χ3v) is 3.35. The Morgan fingerprint density at radius 3 is 3.00 bits per heavy atom. The van der Waals surface area contributed by atoms with E-state index in [1.807, 2.05) is 0 Å². The van der Waals surface area contributed by atoms with Gasteiger partial charge in [0.15, 0.2) is 5.78 Å². The molecule has 1 atom stereocenters. The van der Waals surface area contributed by atoms with Gasteiger partial charge in [0.05, 0.1) is 28.8 Å². The number of rotatable bonds is 1. The van der Waals surface area contributed by atoms with Crippen molar-refractivity contribution in [3.63, 3.8) is 0 Å². The second-order valence-corrected chi connectivity index (χ2v) is 4.71. The van der Waals surface area contributed by atoms with Crippen LogP contribution in [0.5, 0.6) is 0 Å². The lowest BCUT2D eigenvalue weighted by Crippen LogP contribution is -2.36. The molecule has 0 aliphatic heterocycles. The number of carbonyl (C=O) groups is 2. The minimum absolute atomic E-state index is 0.131. The Balaban J connectivity index is 2.48. The van der Waals surface area contributed by atoms with Gasteiger partial charge in [0.25, 0.3) is 5.56 Å². The number of benzene rings is 1. The molecule has 2 aromatic rings. The first-order valence-corrected chi connectivity index (χ1v) is 6.22. The van der Waals surface area contributed by atoms with Gasteiger partial charge in [-0.3, -0.25) is 19.0 Å². The minimum Gasteiger partial charge on any atom is -0.398 e. The molecule has 6 heteroatoms. The van der Waals surface area contributed by atoms with E-state index in [0.717, 1.165) is 0 Å². The van der Waals surface area contributed by atoms with Gasteiger partial charge in [0.2, 0.25) is 0 Å². The van der Waals surface area contributed by atoms with Crippen molar-refractivity contribution in [3.05, 3.63) is 34.3 Å². The van der Waals surface area contributed by atoms with Crippen molar-refractivity contribution >= 4 is 28.2 Å².